The summed E-state index contributed by atoms with van der Waals surface area (Å²) in [6, 6.07) is 8.95. The van der Waals surface area contributed by atoms with Crippen molar-refractivity contribution in [2.45, 2.75) is 179 Å². The third-order valence-corrected chi connectivity index (χ3v) is 13.5. The number of hydrogen-bond donors (Lipinski definition) is 0. The van der Waals surface area contributed by atoms with E-state index in [2.05, 4.69) is 0 Å². The summed E-state index contributed by atoms with van der Waals surface area (Å²) in [7, 11) is 0. The molecule has 2 aromatic rings. The number of ether oxygens (including phenoxy) is 1. The topological polar surface area (TPSA) is 9.23 Å². The van der Waals surface area contributed by atoms with E-state index in [1.165, 1.54) is 36.4 Å². The van der Waals surface area contributed by atoms with Crippen molar-refractivity contribution in [3.63, 3.8) is 0 Å². The lowest BCUT2D eigenvalue weighted by Gasteiger charge is -2.49. The van der Waals surface area contributed by atoms with E-state index in [4.69, 9.17) is 13.0 Å². The van der Waals surface area contributed by atoms with E-state index in [0.29, 0.717) is 25.7 Å². The third-order valence-electron chi connectivity index (χ3n) is 13.5. The highest BCUT2D eigenvalue weighted by Crippen LogP contribution is 2.57. The second-order valence-corrected chi connectivity index (χ2v) is 16.2. The predicted molar refractivity (Wildman–Crippen MR) is 194 cm³/mol. The zero-order chi connectivity index (χ0) is 39.8. The molecule has 2 aromatic carbocycles. The zero-order valence-corrected chi connectivity index (χ0v) is 29.7. The molecule has 4 saturated carbocycles. The van der Waals surface area contributed by atoms with Gasteiger partial charge in [-0.3, -0.25) is 0 Å². The Hall–Kier alpha value is -2.04. The molecule has 8 atom stereocenters. The summed E-state index contributed by atoms with van der Waals surface area (Å²) >= 11 is 0. The quantitative estimate of drug-likeness (QED) is 0.226. The Morgan fingerprint density at radius 1 is 0.612 bits per heavy atom. The minimum atomic E-state index is -2.71. The first-order valence-electron chi connectivity index (χ1n) is 22.6. The van der Waals surface area contributed by atoms with Gasteiger partial charge in [0.2, 0.25) is 0 Å². The van der Waals surface area contributed by atoms with Crippen molar-refractivity contribution in [3.8, 4) is 11.5 Å². The van der Waals surface area contributed by atoms with Crippen LogP contribution in [0.4, 0.5) is 17.6 Å². The molecule has 4 aliphatic carbocycles. The molecular weight excluding hydrogens is 620 g/mol. The van der Waals surface area contributed by atoms with Crippen molar-refractivity contribution in [2.24, 2.45) is 23.7 Å². The highest BCUT2D eigenvalue weighted by Gasteiger charge is 2.56. The molecule has 0 bridgehead atoms. The molecule has 272 valence electrons. The molecule has 0 amide bonds. The maximum absolute atomic E-state index is 17.3. The van der Waals surface area contributed by atoms with Crippen LogP contribution >= 0.6 is 0 Å². The van der Waals surface area contributed by atoms with Gasteiger partial charge in [-0.05, 0) is 99.2 Å². The molecule has 49 heavy (non-hydrogen) atoms. The first-order chi connectivity index (χ1) is 26.1. The molecule has 5 heteroatoms. The maximum atomic E-state index is 17.3. The Kier molecular flexibility index (Phi) is 9.45. The average Bonchev–Trinajstić information content (AvgIpc) is 3.15. The smallest absolute Gasteiger partial charge is 0.141 e. The lowest BCUT2D eigenvalue weighted by atomic mass is 9.58. The van der Waals surface area contributed by atoms with Gasteiger partial charge in [-0.1, -0.05) is 115 Å². The lowest BCUT2D eigenvalue weighted by Crippen LogP contribution is -2.52. The molecule has 4 aliphatic rings. The number of aryl methyl sites for hydroxylation is 2. The Labute approximate surface area is 302 Å². The summed E-state index contributed by atoms with van der Waals surface area (Å²) in [4.78, 5) is 0. The van der Waals surface area contributed by atoms with Crippen LogP contribution in [0.2, 0.25) is 0 Å². The number of hydrogen-bond acceptors (Lipinski definition) is 1. The van der Waals surface area contributed by atoms with Crippen LogP contribution in [0.15, 0.2) is 36.4 Å². The third kappa shape index (κ3) is 6.84. The molecule has 0 saturated heterocycles. The molecule has 0 spiro atoms. The molecule has 1 nitrogen and oxygen atoms in total. The van der Waals surface area contributed by atoms with Gasteiger partial charge in [-0.2, -0.15) is 0 Å². The average molecular weight is 689 g/mol. The normalized spacial score (nSPS) is 37.3. The lowest BCUT2D eigenvalue weighted by molar-refractivity contribution is -0.0305. The van der Waals surface area contributed by atoms with Crippen LogP contribution in [0, 0.1) is 37.4 Å². The molecule has 8 unspecified atom stereocenters. The summed E-state index contributed by atoms with van der Waals surface area (Å²) in [5.41, 5.74) is -3.20. The molecule has 0 aromatic heterocycles. The van der Waals surface area contributed by atoms with Crippen molar-refractivity contribution >= 4 is 0 Å². The monoisotopic (exact) mass is 689 g/mol. The largest absolute Gasteiger partial charge is 0.457 e. The first-order valence-corrected chi connectivity index (χ1v) is 19.6. The summed E-state index contributed by atoms with van der Waals surface area (Å²) in [5, 5.41) is 0. The van der Waals surface area contributed by atoms with Gasteiger partial charge in [0.05, 0.1) is 0 Å². The van der Waals surface area contributed by atoms with Gasteiger partial charge in [-0.15, -0.1) is 0 Å². The first kappa shape index (κ1) is 29.5. The van der Waals surface area contributed by atoms with Gasteiger partial charge in [-0.25, -0.2) is 17.6 Å². The number of halogens is 4. The summed E-state index contributed by atoms with van der Waals surface area (Å²) in [6.07, 6.45) is 4.53. The summed E-state index contributed by atoms with van der Waals surface area (Å²) < 4.78 is 126. The minimum Gasteiger partial charge on any atom is -0.457 e. The van der Waals surface area contributed by atoms with Crippen LogP contribution < -0.4 is 4.74 Å². The van der Waals surface area contributed by atoms with Gasteiger partial charge in [0.15, 0.2) is 0 Å². The number of benzene rings is 2. The van der Waals surface area contributed by atoms with Crippen LogP contribution in [0.1, 0.15) is 160 Å². The van der Waals surface area contributed by atoms with E-state index in [9.17, 15) is 0 Å². The van der Waals surface area contributed by atoms with Crippen molar-refractivity contribution in [3.05, 3.63) is 58.7 Å². The summed E-state index contributed by atoms with van der Waals surface area (Å²) in [5.74, 6) is -0.772. The fourth-order valence-corrected chi connectivity index (χ4v) is 11.2. The predicted octanol–water partition coefficient (Wildman–Crippen LogP) is 13.5. The fourth-order valence-electron chi connectivity index (χ4n) is 11.2. The molecule has 0 aliphatic heterocycles. The van der Waals surface area contributed by atoms with E-state index in [1.807, 2.05) is 13.8 Å². The molecule has 0 heterocycles. The Morgan fingerprint density at radius 3 is 1.39 bits per heavy atom. The van der Waals surface area contributed by atoms with E-state index < -0.39 is 61.1 Å². The van der Waals surface area contributed by atoms with E-state index in [1.54, 1.807) is 0 Å². The maximum Gasteiger partial charge on any atom is 0.141 e. The van der Waals surface area contributed by atoms with Gasteiger partial charge in [0.25, 0.3) is 0 Å². The highest BCUT2D eigenvalue weighted by atomic mass is 19.2. The second kappa shape index (κ2) is 15.7. The molecular formula is C44H62F4O. The Balaban J connectivity index is 1.50. The van der Waals surface area contributed by atoms with Gasteiger partial charge in [0.1, 0.15) is 36.2 Å². The van der Waals surface area contributed by atoms with Crippen LogP contribution in [0.3, 0.4) is 0 Å². The van der Waals surface area contributed by atoms with Crippen molar-refractivity contribution in [2.75, 3.05) is 0 Å². The van der Waals surface area contributed by atoms with Gasteiger partial charge >= 0.3 is 0 Å². The van der Waals surface area contributed by atoms with Crippen LogP contribution in [0.5, 0.6) is 11.5 Å². The van der Waals surface area contributed by atoms with E-state index in [0.717, 1.165) is 64.2 Å². The van der Waals surface area contributed by atoms with Crippen LogP contribution in [-0.2, 0) is 10.8 Å². The summed E-state index contributed by atoms with van der Waals surface area (Å²) in [6.45, 7) is -1.68. The second-order valence-electron chi connectivity index (χ2n) is 16.2. The van der Waals surface area contributed by atoms with Crippen molar-refractivity contribution in [1.82, 2.24) is 0 Å². The Bertz CT molecular complexity index is 1470. The van der Waals surface area contributed by atoms with Crippen LogP contribution in [-0.4, -0.2) is 24.7 Å². The molecule has 4 fully saturated rings. The van der Waals surface area contributed by atoms with Gasteiger partial charge in [0, 0.05) is 30.2 Å². The molecule has 6 rings (SSSR count). The minimum absolute atomic E-state index is 0.00766. The zero-order valence-electron chi connectivity index (χ0n) is 35.7. The Morgan fingerprint density at radius 2 is 1.02 bits per heavy atom. The molecule has 0 radical (unpaired) electrons. The van der Waals surface area contributed by atoms with E-state index in [-0.39, 0.29) is 71.3 Å². The van der Waals surface area contributed by atoms with Crippen molar-refractivity contribution in [1.29, 1.82) is 0 Å². The van der Waals surface area contributed by atoms with E-state index >= 15 is 17.6 Å². The highest BCUT2D eigenvalue weighted by molar-refractivity contribution is 5.53. The van der Waals surface area contributed by atoms with Crippen molar-refractivity contribution < 1.29 is 30.5 Å². The number of rotatable bonds is 10. The fraction of sp³-hybridized carbons (Fsp3) is 0.727. The SMILES string of the molecule is [2H]C([2H])([2H])c1cccc(Oc2cccc(C([2H])([2H])[2H])c2C2(CCC)CCC(C3CCCCC3)C(F)C2F)c1C1(CCC)CCC(C2CCCCC2)C(F)C1F. The molecule has 0 N–H and O–H groups in total. The van der Waals surface area contributed by atoms with Gasteiger partial charge < -0.3 is 4.74 Å². The standard InChI is InChI=1S/C44H62F4O/c1-5-25-43(27-23-33(39(45)41(43)47)31-17-9-7-10-18-31)37-29(3)15-13-21-35(37)49-36-22-14-16-30(4)38(36)44(26-6-2)28-24-34(40(46)42(44)48)32-19-11-8-12-20-32/h13-16,21-22,31-34,39-42H,5-12,17-20,23-28H2,1-4H3/i3D3,4D3. The van der Waals surface area contributed by atoms with Crippen LogP contribution in [0.25, 0.3) is 0 Å². The number of alkyl halides is 4.